The van der Waals surface area contributed by atoms with Crippen LogP contribution in [-0.2, 0) is 14.3 Å². The highest BCUT2D eigenvalue weighted by molar-refractivity contribution is 8.00. The first kappa shape index (κ1) is 25.9. The third-order valence-corrected chi connectivity index (χ3v) is 11.3. The molecule has 196 valence electrons. The molecule has 2 saturated carbocycles. The van der Waals surface area contributed by atoms with Gasteiger partial charge in [0.1, 0.15) is 12.4 Å². The molecule has 1 saturated heterocycles. The first-order valence-electron chi connectivity index (χ1n) is 13.6. The Hall–Kier alpha value is -1.72. The van der Waals surface area contributed by atoms with Gasteiger partial charge in [-0.1, -0.05) is 26.0 Å². The third kappa shape index (κ3) is 4.55. The number of benzene rings is 1. The molecule has 4 nitrogen and oxygen atoms in total. The average molecular weight is 511 g/mol. The van der Waals surface area contributed by atoms with Crippen molar-refractivity contribution in [1.29, 1.82) is 0 Å². The molecule has 5 rings (SSSR count). The molecule has 2 heterocycles. The van der Waals surface area contributed by atoms with Crippen LogP contribution >= 0.6 is 11.8 Å². The van der Waals surface area contributed by atoms with E-state index in [-0.39, 0.29) is 27.7 Å². The minimum Gasteiger partial charge on any atom is -0.497 e. The molecule has 2 aliphatic carbocycles. The van der Waals surface area contributed by atoms with Gasteiger partial charge in [0, 0.05) is 15.7 Å². The van der Waals surface area contributed by atoms with E-state index in [0.29, 0.717) is 24.4 Å². The fourth-order valence-electron chi connectivity index (χ4n) is 7.97. The van der Waals surface area contributed by atoms with Crippen molar-refractivity contribution in [2.24, 2.45) is 28.6 Å². The first-order chi connectivity index (χ1) is 17.1. The van der Waals surface area contributed by atoms with Gasteiger partial charge in [-0.3, -0.25) is 0 Å². The minimum absolute atomic E-state index is 0.0228. The van der Waals surface area contributed by atoms with Crippen molar-refractivity contribution >= 4 is 17.7 Å². The molecule has 3 fully saturated rings. The molecule has 0 spiro atoms. The van der Waals surface area contributed by atoms with E-state index in [1.54, 1.807) is 18.9 Å². The van der Waals surface area contributed by atoms with Crippen LogP contribution < -0.4 is 4.74 Å². The zero-order valence-electron chi connectivity index (χ0n) is 22.6. The van der Waals surface area contributed by atoms with Crippen LogP contribution in [0, 0.1) is 28.6 Å². The average Bonchev–Trinajstić information content (AvgIpc) is 3.27. The van der Waals surface area contributed by atoms with E-state index in [2.05, 4.69) is 46.4 Å². The third-order valence-electron chi connectivity index (χ3n) is 10.00. The Morgan fingerprint density at radius 2 is 1.89 bits per heavy atom. The summed E-state index contributed by atoms with van der Waals surface area (Å²) >= 11 is 1.77. The van der Waals surface area contributed by atoms with Crippen molar-refractivity contribution in [2.45, 2.75) is 82.0 Å². The van der Waals surface area contributed by atoms with Gasteiger partial charge in [0.25, 0.3) is 0 Å². The van der Waals surface area contributed by atoms with Gasteiger partial charge < -0.3 is 14.2 Å². The van der Waals surface area contributed by atoms with E-state index >= 15 is 0 Å². The number of ether oxygens (including phenoxy) is 3. The lowest BCUT2D eigenvalue weighted by molar-refractivity contribution is -0.208. The normalized spacial score (nSPS) is 36.4. The van der Waals surface area contributed by atoms with Gasteiger partial charge in [0.15, 0.2) is 0 Å². The topological polar surface area (TPSA) is 44.8 Å². The van der Waals surface area contributed by atoms with Crippen LogP contribution in [0.5, 0.6) is 5.75 Å². The molecule has 0 N–H and O–H groups in total. The summed E-state index contributed by atoms with van der Waals surface area (Å²) in [5, 5.41) is 0.0396. The minimum atomic E-state index is -0.164. The Balaban J connectivity index is 1.43. The van der Waals surface area contributed by atoms with Gasteiger partial charge in [0.05, 0.1) is 19.3 Å². The number of carbonyl (C=O) groups is 1. The summed E-state index contributed by atoms with van der Waals surface area (Å²) in [6, 6.07) is 8.16. The van der Waals surface area contributed by atoms with Crippen molar-refractivity contribution in [3.05, 3.63) is 48.1 Å². The van der Waals surface area contributed by atoms with Crippen molar-refractivity contribution < 1.29 is 19.0 Å². The number of allylic oxidation sites excluding steroid dienone is 1. The molecule has 1 aromatic carbocycles. The van der Waals surface area contributed by atoms with E-state index in [1.165, 1.54) is 24.8 Å². The highest BCUT2D eigenvalue weighted by Crippen LogP contribution is 2.66. The van der Waals surface area contributed by atoms with Crippen LogP contribution in [0.25, 0.3) is 0 Å². The van der Waals surface area contributed by atoms with Gasteiger partial charge in [-0.2, -0.15) is 0 Å². The van der Waals surface area contributed by atoms with E-state index < -0.39 is 0 Å². The van der Waals surface area contributed by atoms with Crippen molar-refractivity contribution in [2.75, 3.05) is 20.3 Å². The number of rotatable bonds is 6. The van der Waals surface area contributed by atoms with Gasteiger partial charge in [-0.15, -0.1) is 11.8 Å². The maximum absolute atomic E-state index is 12.7. The number of fused-ring (bicyclic) bond motifs is 3. The summed E-state index contributed by atoms with van der Waals surface area (Å²) in [6.45, 7) is 15.4. The Bertz CT molecular complexity index is 1040. The highest BCUT2D eigenvalue weighted by Gasteiger charge is 2.60. The molecule has 6 atom stereocenters. The largest absolute Gasteiger partial charge is 0.497 e. The Morgan fingerprint density at radius 3 is 2.56 bits per heavy atom. The zero-order valence-corrected chi connectivity index (χ0v) is 23.4. The molecule has 0 bridgehead atoms. The second-order valence-electron chi connectivity index (χ2n) is 12.6. The summed E-state index contributed by atoms with van der Waals surface area (Å²) in [5.41, 5.74) is 2.52. The molecule has 1 aromatic rings. The monoisotopic (exact) mass is 510 g/mol. The van der Waals surface area contributed by atoms with Gasteiger partial charge in [0.2, 0.25) is 0 Å². The van der Waals surface area contributed by atoms with Crippen molar-refractivity contribution in [3.8, 4) is 5.75 Å². The lowest BCUT2D eigenvalue weighted by atomic mass is 9.43. The molecule has 0 radical (unpaired) electrons. The molecule has 2 aliphatic heterocycles. The summed E-state index contributed by atoms with van der Waals surface area (Å²) in [7, 11) is 1.68. The number of thioether (sulfide) groups is 1. The summed E-state index contributed by atoms with van der Waals surface area (Å²) in [6.07, 6.45) is 8.79. The molecule has 4 aliphatic rings. The van der Waals surface area contributed by atoms with E-state index in [9.17, 15) is 4.79 Å². The SMILES string of the molecule is C=C1CC[C@@H]2[C@]3(C)COC(C)(C)C[C@@H]3CC[C@@]2(C)C1CC(Sc1ccc(OC)cc1)C1=CCOC1=O. The molecule has 5 heteroatoms. The zero-order chi connectivity index (χ0) is 25.7. The van der Waals surface area contributed by atoms with Crippen LogP contribution in [0.1, 0.15) is 66.2 Å². The lowest BCUT2D eigenvalue weighted by Crippen LogP contribution is -2.59. The van der Waals surface area contributed by atoms with Crippen LogP contribution in [0.15, 0.2) is 53.0 Å². The number of carbonyl (C=O) groups excluding carboxylic acids is 1. The predicted molar refractivity (Wildman–Crippen MR) is 145 cm³/mol. The Kier molecular flexibility index (Phi) is 6.87. The fourth-order valence-corrected chi connectivity index (χ4v) is 9.20. The Labute approximate surface area is 221 Å². The highest BCUT2D eigenvalue weighted by atomic mass is 32.2. The quantitative estimate of drug-likeness (QED) is 0.229. The number of cyclic esters (lactones) is 1. The van der Waals surface area contributed by atoms with Crippen LogP contribution in [0.3, 0.4) is 0 Å². The van der Waals surface area contributed by atoms with Gasteiger partial charge >= 0.3 is 5.97 Å². The first-order valence-corrected chi connectivity index (χ1v) is 14.4. The maximum atomic E-state index is 12.7. The molecular weight excluding hydrogens is 468 g/mol. The van der Waals surface area contributed by atoms with Gasteiger partial charge in [-0.05, 0) is 111 Å². The van der Waals surface area contributed by atoms with Gasteiger partial charge in [-0.25, -0.2) is 4.79 Å². The van der Waals surface area contributed by atoms with Crippen molar-refractivity contribution in [1.82, 2.24) is 0 Å². The van der Waals surface area contributed by atoms with Crippen LogP contribution in [-0.4, -0.2) is 37.1 Å². The second kappa shape index (κ2) is 9.54. The summed E-state index contributed by atoms with van der Waals surface area (Å²) in [4.78, 5) is 13.9. The van der Waals surface area contributed by atoms with E-state index in [1.807, 2.05) is 18.2 Å². The molecule has 0 amide bonds. The molecular formula is C31H42O4S. The standard InChI is InChI=1S/C31H42O4S/c1-20-7-12-27-30(4,15-13-21-18-29(2,3)35-19-31(21,27)5)25(20)17-26(24-14-16-34-28(24)32)36-23-10-8-22(33-6)9-11-23/h8-11,14,21,25-27H,1,7,12-13,15-19H2,2-6H3/t21-,25?,26?,27-,30-,31+/m0/s1. The molecule has 2 unspecified atom stereocenters. The van der Waals surface area contributed by atoms with Crippen LogP contribution in [0.2, 0.25) is 0 Å². The number of hydrogen-bond donors (Lipinski definition) is 0. The molecule has 0 aromatic heterocycles. The number of esters is 1. The number of methoxy groups -OCH3 is 1. The maximum Gasteiger partial charge on any atom is 0.335 e. The second-order valence-corrected chi connectivity index (χ2v) is 13.9. The smallest absolute Gasteiger partial charge is 0.335 e. The Morgan fingerprint density at radius 1 is 1.14 bits per heavy atom. The lowest BCUT2D eigenvalue weighted by Gasteiger charge is -2.64. The predicted octanol–water partition coefficient (Wildman–Crippen LogP) is 7.23. The van der Waals surface area contributed by atoms with Crippen molar-refractivity contribution in [3.63, 3.8) is 0 Å². The fraction of sp³-hybridized carbons (Fsp3) is 0.645. The van der Waals surface area contributed by atoms with E-state index in [4.69, 9.17) is 14.2 Å². The summed E-state index contributed by atoms with van der Waals surface area (Å²) in [5.74, 6) is 2.36. The summed E-state index contributed by atoms with van der Waals surface area (Å²) < 4.78 is 17.2. The molecule has 36 heavy (non-hydrogen) atoms. The van der Waals surface area contributed by atoms with E-state index in [0.717, 1.165) is 42.1 Å². The number of hydrogen-bond acceptors (Lipinski definition) is 5. The van der Waals surface area contributed by atoms with Crippen LogP contribution in [0.4, 0.5) is 0 Å².